The van der Waals surface area contributed by atoms with Gasteiger partial charge < -0.3 is 21.1 Å². The van der Waals surface area contributed by atoms with Crippen molar-refractivity contribution in [3.8, 4) is 0 Å². The molecule has 0 radical (unpaired) electrons. The first-order valence-corrected chi connectivity index (χ1v) is 11.3. The molecule has 7 nitrogen and oxygen atoms in total. The van der Waals surface area contributed by atoms with Gasteiger partial charge in [0.25, 0.3) is 0 Å². The van der Waals surface area contributed by atoms with Crippen LogP contribution in [0, 0.1) is 5.92 Å². The summed E-state index contributed by atoms with van der Waals surface area (Å²) in [6.07, 6.45) is 0.00867. The fourth-order valence-electron chi connectivity index (χ4n) is 2.96. The molecule has 5 N–H and O–H groups in total. The van der Waals surface area contributed by atoms with Gasteiger partial charge in [0.05, 0.1) is 11.7 Å². The van der Waals surface area contributed by atoms with Crippen LogP contribution in [0.2, 0.25) is 0 Å². The highest BCUT2D eigenvalue weighted by molar-refractivity contribution is 7.58. The van der Waals surface area contributed by atoms with E-state index in [4.69, 9.17) is 5.73 Å². The molecule has 0 aliphatic rings. The fraction of sp³-hybridized carbons (Fsp3) is 0.333. The van der Waals surface area contributed by atoms with Crippen LogP contribution in [0.3, 0.4) is 0 Å². The first-order chi connectivity index (χ1) is 13.7. The van der Waals surface area contributed by atoms with E-state index in [9.17, 15) is 24.2 Å². The van der Waals surface area contributed by atoms with Gasteiger partial charge in [-0.2, -0.15) is 0 Å². The molecule has 0 aliphatic heterocycles. The van der Waals surface area contributed by atoms with E-state index in [0.29, 0.717) is 0 Å². The topological polar surface area (TPSA) is 130 Å². The SMILES string of the molecule is CC(N)P(=O)(O)C[C@@H](Cc1ccccc1)C(=O)N[C@@H](Cc1ccccc1)C(=O)O. The number of hydrogen-bond donors (Lipinski definition) is 4. The molecule has 8 heteroatoms. The molecule has 0 saturated carbocycles. The lowest BCUT2D eigenvalue weighted by Gasteiger charge is -2.24. The number of rotatable bonds is 10. The van der Waals surface area contributed by atoms with E-state index in [0.717, 1.165) is 11.1 Å². The zero-order valence-electron chi connectivity index (χ0n) is 16.3. The van der Waals surface area contributed by atoms with Gasteiger partial charge in [-0.3, -0.25) is 9.36 Å². The van der Waals surface area contributed by atoms with Crippen molar-refractivity contribution in [1.29, 1.82) is 0 Å². The van der Waals surface area contributed by atoms with Crippen LogP contribution < -0.4 is 11.1 Å². The third-order valence-corrected chi connectivity index (χ3v) is 6.95. The molecule has 2 unspecified atom stereocenters. The van der Waals surface area contributed by atoms with E-state index >= 15 is 0 Å². The van der Waals surface area contributed by atoms with Crippen LogP contribution in [0.15, 0.2) is 60.7 Å². The highest BCUT2D eigenvalue weighted by atomic mass is 31.2. The molecule has 2 aromatic rings. The first kappa shape index (κ1) is 22.8. The number of carbonyl (C=O) groups is 2. The van der Waals surface area contributed by atoms with Gasteiger partial charge in [-0.1, -0.05) is 60.7 Å². The highest BCUT2D eigenvalue weighted by Crippen LogP contribution is 2.45. The average Bonchev–Trinajstić information content (AvgIpc) is 2.68. The molecule has 0 spiro atoms. The summed E-state index contributed by atoms with van der Waals surface area (Å²) < 4.78 is 12.5. The Morgan fingerprint density at radius 3 is 1.93 bits per heavy atom. The highest BCUT2D eigenvalue weighted by Gasteiger charge is 2.33. The molecule has 0 aliphatic carbocycles. The molecule has 0 fully saturated rings. The van der Waals surface area contributed by atoms with E-state index < -0.39 is 37.0 Å². The van der Waals surface area contributed by atoms with Crippen molar-refractivity contribution in [2.45, 2.75) is 31.6 Å². The minimum absolute atomic E-state index is 0.115. The zero-order valence-corrected chi connectivity index (χ0v) is 17.2. The number of carboxylic acids is 1. The van der Waals surface area contributed by atoms with Crippen molar-refractivity contribution in [1.82, 2.24) is 5.32 Å². The summed E-state index contributed by atoms with van der Waals surface area (Å²) in [7, 11) is -3.78. The number of aliphatic carboxylic acids is 1. The van der Waals surface area contributed by atoms with Crippen LogP contribution in [0.25, 0.3) is 0 Å². The Morgan fingerprint density at radius 2 is 1.48 bits per heavy atom. The van der Waals surface area contributed by atoms with Gasteiger partial charge in [0.2, 0.25) is 13.3 Å². The van der Waals surface area contributed by atoms with Crippen LogP contribution in [-0.4, -0.2) is 39.9 Å². The summed E-state index contributed by atoms with van der Waals surface area (Å²) in [5.74, 6) is -3.60. The van der Waals surface area contributed by atoms with E-state index in [1.54, 1.807) is 24.3 Å². The number of benzene rings is 2. The Balaban J connectivity index is 2.19. The number of hydrogen-bond acceptors (Lipinski definition) is 4. The molecule has 29 heavy (non-hydrogen) atoms. The number of carboxylic acid groups (broad SMARTS) is 1. The molecule has 0 aromatic heterocycles. The van der Waals surface area contributed by atoms with Crippen LogP contribution in [0.5, 0.6) is 0 Å². The predicted octanol–water partition coefficient (Wildman–Crippen LogP) is 2.23. The number of nitrogens with one attached hydrogen (secondary N) is 1. The number of nitrogens with two attached hydrogens (primary N) is 1. The van der Waals surface area contributed by atoms with Crippen LogP contribution in [0.4, 0.5) is 0 Å². The first-order valence-electron chi connectivity index (χ1n) is 9.37. The number of amides is 1. The third kappa shape index (κ3) is 7.13. The summed E-state index contributed by atoms with van der Waals surface area (Å²) in [5, 5.41) is 12.1. The summed E-state index contributed by atoms with van der Waals surface area (Å²) >= 11 is 0. The second-order valence-corrected chi connectivity index (χ2v) is 9.85. The predicted molar refractivity (Wildman–Crippen MR) is 112 cm³/mol. The van der Waals surface area contributed by atoms with E-state index in [1.807, 2.05) is 36.4 Å². The molecule has 0 saturated heterocycles. The summed E-state index contributed by atoms with van der Waals surface area (Å²) in [4.78, 5) is 34.8. The standard InChI is InChI=1S/C21H27N2O5P/c1-15(22)29(27,28)14-18(12-16-8-4-2-5-9-16)20(24)23-19(21(25)26)13-17-10-6-3-7-11-17/h2-11,15,18-19H,12-14,22H2,1H3,(H,23,24)(H,25,26)(H,27,28)/t15?,18-,19+/m1/s1. The van der Waals surface area contributed by atoms with Gasteiger partial charge in [-0.25, -0.2) is 4.79 Å². The Kier molecular flexibility index (Phi) is 8.14. The Bertz CT molecular complexity index is 858. The molecule has 2 rings (SSSR count). The van der Waals surface area contributed by atoms with E-state index in [-0.39, 0.29) is 19.0 Å². The quantitative estimate of drug-likeness (QED) is 0.438. The maximum Gasteiger partial charge on any atom is 0.326 e. The van der Waals surface area contributed by atoms with Crippen LogP contribution >= 0.6 is 7.37 Å². The molecular formula is C21H27N2O5P. The lowest BCUT2D eigenvalue weighted by molar-refractivity contribution is -0.142. The molecule has 0 heterocycles. The minimum atomic E-state index is -3.78. The lowest BCUT2D eigenvalue weighted by Crippen LogP contribution is -2.46. The van der Waals surface area contributed by atoms with Gasteiger partial charge in [0, 0.05) is 12.6 Å². The largest absolute Gasteiger partial charge is 0.480 e. The van der Waals surface area contributed by atoms with Gasteiger partial charge >= 0.3 is 5.97 Å². The Morgan fingerprint density at radius 1 is 1.00 bits per heavy atom. The zero-order chi connectivity index (χ0) is 21.4. The summed E-state index contributed by atoms with van der Waals surface area (Å²) in [6.45, 7) is 1.42. The fourth-order valence-corrected chi connectivity index (χ4v) is 4.22. The Labute approximate surface area is 170 Å². The second kappa shape index (κ2) is 10.3. The monoisotopic (exact) mass is 418 g/mol. The Hall–Kier alpha value is -2.47. The van der Waals surface area contributed by atoms with Gasteiger partial charge in [-0.15, -0.1) is 0 Å². The summed E-state index contributed by atoms with van der Waals surface area (Å²) in [5.41, 5.74) is 7.20. The van der Waals surface area contributed by atoms with Crippen molar-refractivity contribution < 1.29 is 24.2 Å². The molecule has 1 amide bonds. The van der Waals surface area contributed by atoms with E-state index in [2.05, 4.69) is 5.32 Å². The van der Waals surface area contributed by atoms with Gasteiger partial charge in [0.15, 0.2) is 0 Å². The summed E-state index contributed by atoms with van der Waals surface area (Å²) in [6, 6.07) is 16.9. The maximum atomic E-state index is 12.9. The van der Waals surface area contributed by atoms with Gasteiger partial charge in [-0.05, 0) is 24.5 Å². The molecule has 2 aromatic carbocycles. The van der Waals surface area contributed by atoms with Crippen molar-refractivity contribution in [2.24, 2.45) is 11.7 Å². The smallest absolute Gasteiger partial charge is 0.326 e. The average molecular weight is 418 g/mol. The molecular weight excluding hydrogens is 391 g/mol. The van der Waals surface area contributed by atoms with E-state index in [1.165, 1.54) is 6.92 Å². The molecule has 4 atom stereocenters. The second-order valence-electron chi connectivity index (χ2n) is 7.15. The van der Waals surface area contributed by atoms with Crippen molar-refractivity contribution in [2.75, 3.05) is 6.16 Å². The molecule has 156 valence electrons. The van der Waals surface area contributed by atoms with Gasteiger partial charge in [0.1, 0.15) is 6.04 Å². The third-order valence-electron chi connectivity index (χ3n) is 4.71. The lowest BCUT2D eigenvalue weighted by atomic mass is 9.99. The molecule has 0 bridgehead atoms. The van der Waals surface area contributed by atoms with Crippen LogP contribution in [-0.2, 0) is 27.0 Å². The van der Waals surface area contributed by atoms with Crippen molar-refractivity contribution >= 4 is 19.2 Å². The van der Waals surface area contributed by atoms with Crippen molar-refractivity contribution in [3.05, 3.63) is 71.8 Å². The maximum absolute atomic E-state index is 12.9. The van der Waals surface area contributed by atoms with Crippen LogP contribution in [0.1, 0.15) is 18.1 Å². The number of carbonyl (C=O) groups excluding carboxylic acids is 1. The van der Waals surface area contributed by atoms with Crippen molar-refractivity contribution in [3.63, 3.8) is 0 Å². The normalized spacial score (nSPS) is 16.2. The minimum Gasteiger partial charge on any atom is -0.480 e.